The normalized spacial score (nSPS) is 16.5. The van der Waals surface area contributed by atoms with Gasteiger partial charge in [0.2, 0.25) is 0 Å². The molecule has 1 aliphatic heterocycles. The van der Waals surface area contributed by atoms with Gasteiger partial charge in [0.1, 0.15) is 6.10 Å². The van der Waals surface area contributed by atoms with Crippen molar-refractivity contribution in [1.29, 1.82) is 0 Å². The minimum absolute atomic E-state index is 0.239. The summed E-state index contributed by atoms with van der Waals surface area (Å²) >= 11 is 3.48. The van der Waals surface area contributed by atoms with Gasteiger partial charge in [-0.2, -0.15) is 4.98 Å². The number of hydrogen-bond acceptors (Lipinski definition) is 6. The van der Waals surface area contributed by atoms with Crippen molar-refractivity contribution in [3.05, 3.63) is 28.5 Å². The second-order valence-electron chi connectivity index (χ2n) is 5.61. The summed E-state index contributed by atoms with van der Waals surface area (Å²) in [6.07, 6.45) is -0.190. The molecule has 1 atom stereocenters. The molecule has 9 nitrogen and oxygen atoms in total. The Bertz CT molecular complexity index is 825. The molecule has 1 fully saturated rings. The van der Waals surface area contributed by atoms with Crippen molar-refractivity contribution in [2.45, 2.75) is 19.4 Å². The molecule has 0 spiro atoms. The number of halogens is 1. The number of nitrogens with one attached hydrogen (secondary N) is 2. The van der Waals surface area contributed by atoms with Crippen LogP contribution in [0.4, 0.5) is 15.3 Å². The van der Waals surface area contributed by atoms with Crippen LogP contribution in [0.1, 0.15) is 12.7 Å². The molecular formula is C16H18BrN5O4. The minimum Gasteiger partial charge on any atom is -0.442 e. The van der Waals surface area contributed by atoms with Crippen LogP contribution in [-0.2, 0) is 11.2 Å². The third-order valence-electron chi connectivity index (χ3n) is 3.87. The van der Waals surface area contributed by atoms with Crippen molar-refractivity contribution in [1.82, 2.24) is 20.8 Å². The number of carbonyl (C=O) groups is 2. The van der Waals surface area contributed by atoms with E-state index in [4.69, 9.17) is 9.26 Å². The number of urea groups is 1. The van der Waals surface area contributed by atoms with Crippen LogP contribution in [0.2, 0.25) is 0 Å². The van der Waals surface area contributed by atoms with Crippen LogP contribution in [0.15, 0.2) is 27.2 Å². The fourth-order valence-electron chi connectivity index (χ4n) is 2.49. The van der Waals surface area contributed by atoms with Gasteiger partial charge in [0.15, 0.2) is 5.82 Å². The molecule has 10 heteroatoms. The number of benzene rings is 1. The summed E-state index contributed by atoms with van der Waals surface area (Å²) in [6, 6.07) is 5.06. The van der Waals surface area contributed by atoms with Crippen LogP contribution in [0, 0.1) is 0 Å². The van der Waals surface area contributed by atoms with Crippen molar-refractivity contribution in [2.75, 3.05) is 25.0 Å². The maximum atomic E-state index is 12.1. The second kappa shape index (κ2) is 7.73. The third kappa shape index (κ3) is 3.79. The number of aromatic nitrogens is 2. The van der Waals surface area contributed by atoms with Crippen molar-refractivity contribution in [3.63, 3.8) is 0 Å². The quantitative estimate of drug-likeness (QED) is 0.763. The van der Waals surface area contributed by atoms with Crippen LogP contribution >= 0.6 is 15.9 Å². The van der Waals surface area contributed by atoms with E-state index in [1.807, 2.05) is 6.92 Å². The number of anilines is 1. The molecule has 3 amide bonds. The van der Waals surface area contributed by atoms with Crippen molar-refractivity contribution in [2.24, 2.45) is 0 Å². The molecule has 1 aliphatic rings. The summed E-state index contributed by atoms with van der Waals surface area (Å²) in [5, 5.41) is 8.96. The molecule has 0 bridgehead atoms. The average molecular weight is 424 g/mol. The number of ether oxygens (including phenoxy) is 1. The molecule has 1 unspecified atom stereocenters. The van der Waals surface area contributed by atoms with Gasteiger partial charge in [0.05, 0.1) is 18.7 Å². The molecule has 2 N–H and O–H groups in total. The SMILES string of the molecule is CCc1noc(-c2ccc(N3CC(CNC(=O)NC)OC3=O)cc2Br)n1. The smallest absolute Gasteiger partial charge is 0.414 e. The number of cyclic esters (lactones) is 1. The Hall–Kier alpha value is -2.62. The van der Waals surface area contributed by atoms with Gasteiger partial charge in [-0.15, -0.1) is 0 Å². The third-order valence-corrected chi connectivity index (χ3v) is 4.53. The van der Waals surface area contributed by atoms with Gasteiger partial charge in [-0.05, 0) is 34.1 Å². The van der Waals surface area contributed by atoms with E-state index in [-0.39, 0.29) is 12.6 Å². The predicted molar refractivity (Wildman–Crippen MR) is 96.9 cm³/mol. The van der Waals surface area contributed by atoms with E-state index in [0.717, 1.165) is 10.0 Å². The van der Waals surface area contributed by atoms with Gasteiger partial charge in [-0.3, -0.25) is 4.90 Å². The van der Waals surface area contributed by atoms with Crippen LogP contribution in [0.25, 0.3) is 11.5 Å². The summed E-state index contributed by atoms with van der Waals surface area (Å²) in [7, 11) is 1.52. The summed E-state index contributed by atoms with van der Waals surface area (Å²) in [4.78, 5) is 29.2. The maximum Gasteiger partial charge on any atom is 0.414 e. The van der Waals surface area contributed by atoms with E-state index in [9.17, 15) is 9.59 Å². The Morgan fingerprint density at radius 2 is 2.27 bits per heavy atom. The van der Waals surface area contributed by atoms with Gasteiger partial charge < -0.3 is 19.9 Å². The molecule has 0 aliphatic carbocycles. The molecule has 3 rings (SSSR count). The molecule has 1 aromatic carbocycles. The van der Waals surface area contributed by atoms with Gasteiger partial charge >= 0.3 is 12.1 Å². The standard InChI is InChI=1S/C16H18BrN5O4/c1-3-13-20-14(26-21-13)11-5-4-9(6-12(11)17)22-8-10(25-16(22)24)7-19-15(23)18-2/h4-6,10H,3,7-8H2,1-2H3,(H2,18,19,23). The molecule has 138 valence electrons. The van der Waals surface area contributed by atoms with Crippen molar-refractivity contribution < 1.29 is 18.8 Å². The predicted octanol–water partition coefficient (Wildman–Crippen LogP) is 2.32. The first-order valence-corrected chi connectivity index (χ1v) is 8.87. The fourth-order valence-corrected chi connectivity index (χ4v) is 3.02. The highest BCUT2D eigenvalue weighted by Gasteiger charge is 2.32. The number of nitrogens with zero attached hydrogens (tertiary/aromatic N) is 3. The number of amides is 3. The fraction of sp³-hybridized carbons (Fsp3) is 0.375. The van der Waals surface area contributed by atoms with Crippen LogP contribution in [-0.4, -0.2) is 48.5 Å². The lowest BCUT2D eigenvalue weighted by molar-refractivity contribution is 0.140. The van der Waals surface area contributed by atoms with Gasteiger partial charge in [-0.25, -0.2) is 9.59 Å². The topological polar surface area (TPSA) is 110 Å². The first-order chi connectivity index (χ1) is 12.5. The summed E-state index contributed by atoms with van der Waals surface area (Å²) in [5.74, 6) is 1.04. The first-order valence-electron chi connectivity index (χ1n) is 8.08. The Labute approximate surface area is 158 Å². The highest BCUT2D eigenvalue weighted by Crippen LogP contribution is 2.32. The van der Waals surface area contributed by atoms with Crippen LogP contribution in [0.5, 0.6) is 0 Å². The molecule has 2 heterocycles. The maximum absolute atomic E-state index is 12.1. The second-order valence-corrected chi connectivity index (χ2v) is 6.46. The molecule has 1 saturated heterocycles. The van der Waals surface area contributed by atoms with E-state index in [1.54, 1.807) is 18.2 Å². The molecule has 0 radical (unpaired) electrons. The lowest BCUT2D eigenvalue weighted by atomic mass is 10.2. The van der Waals surface area contributed by atoms with E-state index in [1.165, 1.54) is 11.9 Å². The largest absolute Gasteiger partial charge is 0.442 e. The lowest BCUT2D eigenvalue weighted by Gasteiger charge is -2.14. The van der Waals surface area contributed by atoms with Crippen molar-refractivity contribution >= 4 is 33.7 Å². The lowest BCUT2D eigenvalue weighted by Crippen LogP contribution is -2.39. The van der Waals surface area contributed by atoms with Crippen LogP contribution < -0.4 is 15.5 Å². The molecule has 26 heavy (non-hydrogen) atoms. The Morgan fingerprint density at radius 3 is 2.92 bits per heavy atom. The Morgan fingerprint density at radius 1 is 1.46 bits per heavy atom. The van der Waals surface area contributed by atoms with Gasteiger partial charge in [-0.1, -0.05) is 12.1 Å². The number of aryl methyl sites for hydroxylation is 1. The van der Waals surface area contributed by atoms with Crippen molar-refractivity contribution in [3.8, 4) is 11.5 Å². The van der Waals surface area contributed by atoms with E-state index in [0.29, 0.717) is 30.4 Å². The summed E-state index contributed by atoms with van der Waals surface area (Å²) in [5.41, 5.74) is 1.41. The Kier molecular flexibility index (Phi) is 5.40. The zero-order valence-corrected chi connectivity index (χ0v) is 15.9. The Balaban J connectivity index is 1.72. The molecular weight excluding hydrogens is 406 g/mol. The molecule has 2 aromatic rings. The highest BCUT2D eigenvalue weighted by atomic mass is 79.9. The average Bonchev–Trinajstić information content (AvgIpc) is 3.26. The van der Waals surface area contributed by atoms with Crippen LogP contribution in [0.3, 0.4) is 0 Å². The number of carbonyl (C=O) groups excluding carboxylic acids is 2. The molecule has 0 saturated carbocycles. The first kappa shape index (κ1) is 18.2. The monoisotopic (exact) mass is 423 g/mol. The highest BCUT2D eigenvalue weighted by molar-refractivity contribution is 9.10. The summed E-state index contributed by atoms with van der Waals surface area (Å²) < 4.78 is 11.3. The van der Waals surface area contributed by atoms with E-state index < -0.39 is 12.2 Å². The minimum atomic E-state index is -0.459. The summed E-state index contributed by atoms with van der Waals surface area (Å²) in [6.45, 7) is 2.53. The number of rotatable bonds is 5. The van der Waals surface area contributed by atoms with E-state index >= 15 is 0 Å². The molecule has 1 aromatic heterocycles. The van der Waals surface area contributed by atoms with Gasteiger partial charge in [0.25, 0.3) is 5.89 Å². The zero-order valence-electron chi connectivity index (χ0n) is 14.3. The number of hydrogen-bond donors (Lipinski definition) is 2. The zero-order chi connectivity index (χ0) is 18.7. The van der Waals surface area contributed by atoms with E-state index in [2.05, 4.69) is 36.7 Å². The van der Waals surface area contributed by atoms with Gasteiger partial charge in [0, 0.05) is 23.6 Å².